The van der Waals surface area contributed by atoms with E-state index < -0.39 is 5.97 Å². The van der Waals surface area contributed by atoms with E-state index in [4.69, 9.17) is 0 Å². The molecule has 0 amide bonds. The molecule has 0 bridgehead atoms. The zero-order valence-corrected chi connectivity index (χ0v) is 13.5. The van der Waals surface area contributed by atoms with Gasteiger partial charge in [0, 0.05) is 24.6 Å². The summed E-state index contributed by atoms with van der Waals surface area (Å²) in [5.74, 6) is -0.568. The summed E-state index contributed by atoms with van der Waals surface area (Å²) in [6.07, 6.45) is 1.18. The summed E-state index contributed by atoms with van der Waals surface area (Å²) in [4.78, 5) is 28.0. The van der Waals surface area contributed by atoms with Crippen LogP contribution >= 0.6 is 0 Å². The number of aliphatic imine (C=N–C) groups is 1. The lowest BCUT2D eigenvalue weighted by Crippen LogP contribution is -2.33. The first-order chi connectivity index (χ1) is 9.66. The number of aliphatic hydroxyl groups excluding tert-OH is 1. The number of ether oxygens (including phenoxy) is 1. The minimum atomic E-state index is -0.409. The number of allylic oxidation sites excluding steroid dienone is 2. The molecule has 1 saturated carbocycles. The highest BCUT2D eigenvalue weighted by Crippen LogP contribution is 2.36. The molecule has 5 nitrogen and oxygen atoms in total. The van der Waals surface area contributed by atoms with Crippen LogP contribution in [0, 0.1) is 5.41 Å². The van der Waals surface area contributed by atoms with Crippen LogP contribution in [0.1, 0.15) is 53.4 Å². The predicted octanol–water partition coefficient (Wildman–Crippen LogP) is 2.99. The molecule has 0 radical (unpaired) electrons. The van der Waals surface area contributed by atoms with E-state index in [9.17, 15) is 14.7 Å². The van der Waals surface area contributed by atoms with E-state index in [-0.39, 0.29) is 35.8 Å². The number of Topliss-reactive ketones (excluding diaryl/α,β-unsaturated/α-hetero) is 1. The number of esters is 1. The summed E-state index contributed by atoms with van der Waals surface area (Å²) in [7, 11) is 1.30. The van der Waals surface area contributed by atoms with Crippen LogP contribution in [0.3, 0.4) is 0 Å². The van der Waals surface area contributed by atoms with Crippen molar-refractivity contribution in [1.82, 2.24) is 0 Å². The fourth-order valence-electron chi connectivity index (χ4n) is 2.49. The molecule has 1 aliphatic carbocycles. The minimum Gasteiger partial charge on any atom is -0.511 e. The molecule has 0 spiro atoms. The number of carbonyl (C=O) groups excluding carboxylic acids is 2. The van der Waals surface area contributed by atoms with E-state index in [1.807, 2.05) is 27.7 Å². The molecule has 0 aromatic carbocycles. The van der Waals surface area contributed by atoms with Gasteiger partial charge in [-0.1, -0.05) is 13.8 Å². The van der Waals surface area contributed by atoms with E-state index >= 15 is 0 Å². The maximum absolute atomic E-state index is 12.3. The van der Waals surface area contributed by atoms with Crippen molar-refractivity contribution in [1.29, 1.82) is 0 Å². The number of hydrogen-bond acceptors (Lipinski definition) is 5. The molecule has 1 fully saturated rings. The molecule has 0 unspecified atom stereocenters. The van der Waals surface area contributed by atoms with Crippen LogP contribution in [0.15, 0.2) is 16.3 Å². The number of ketones is 1. The van der Waals surface area contributed by atoms with E-state index in [0.717, 1.165) is 0 Å². The maximum atomic E-state index is 12.3. The van der Waals surface area contributed by atoms with Crippen molar-refractivity contribution < 1.29 is 19.4 Å². The Morgan fingerprint density at radius 3 is 2.48 bits per heavy atom. The van der Waals surface area contributed by atoms with Crippen molar-refractivity contribution in [3.63, 3.8) is 0 Å². The number of carbonyl (C=O) groups is 2. The second-order valence-corrected chi connectivity index (χ2v) is 6.51. The van der Waals surface area contributed by atoms with Crippen LogP contribution in [0.5, 0.6) is 0 Å². The van der Waals surface area contributed by atoms with Crippen molar-refractivity contribution in [2.24, 2.45) is 10.4 Å². The van der Waals surface area contributed by atoms with Gasteiger partial charge >= 0.3 is 5.97 Å². The first-order valence-electron chi connectivity index (χ1n) is 7.25. The Morgan fingerprint density at radius 1 is 1.33 bits per heavy atom. The highest BCUT2D eigenvalue weighted by molar-refractivity contribution is 6.24. The summed E-state index contributed by atoms with van der Waals surface area (Å²) in [6, 6.07) is 0.0464. The fraction of sp³-hybridized carbons (Fsp3) is 0.688. The van der Waals surface area contributed by atoms with Gasteiger partial charge in [0.15, 0.2) is 5.78 Å². The summed E-state index contributed by atoms with van der Waals surface area (Å²) in [5, 5.41) is 10.2. The Labute approximate surface area is 126 Å². The molecule has 1 rings (SSSR count). The van der Waals surface area contributed by atoms with Gasteiger partial charge in [-0.05, 0) is 25.7 Å². The molecular weight excluding hydrogens is 270 g/mol. The number of aliphatic hydroxyl groups is 1. The Bertz CT molecular complexity index is 487. The van der Waals surface area contributed by atoms with Gasteiger partial charge in [-0.2, -0.15) is 0 Å². The summed E-state index contributed by atoms with van der Waals surface area (Å²) >= 11 is 0. The van der Waals surface area contributed by atoms with Crippen LogP contribution < -0.4 is 0 Å². The molecule has 1 aliphatic rings. The molecular formula is C16H25NO4. The van der Waals surface area contributed by atoms with E-state index in [0.29, 0.717) is 24.1 Å². The van der Waals surface area contributed by atoms with Crippen LogP contribution in [0.4, 0.5) is 0 Å². The number of methoxy groups -OCH3 is 1. The molecule has 1 N–H and O–H groups in total. The van der Waals surface area contributed by atoms with Crippen LogP contribution in [0.2, 0.25) is 0 Å². The smallest absolute Gasteiger partial charge is 0.305 e. The van der Waals surface area contributed by atoms with Gasteiger partial charge in [-0.3, -0.25) is 14.6 Å². The molecule has 0 atom stereocenters. The van der Waals surface area contributed by atoms with Crippen molar-refractivity contribution >= 4 is 17.5 Å². The first-order valence-corrected chi connectivity index (χ1v) is 7.25. The zero-order chi connectivity index (χ0) is 16.2. The lowest BCUT2D eigenvalue weighted by molar-refractivity contribution is -0.140. The Kier molecular flexibility index (Phi) is 5.70. The van der Waals surface area contributed by atoms with Crippen LogP contribution in [0.25, 0.3) is 0 Å². The summed E-state index contributed by atoms with van der Waals surface area (Å²) in [5.41, 5.74) is 0.789. The fourth-order valence-corrected chi connectivity index (χ4v) is 2.49. The molecule has 21 heavy (non-hydrogen) atoms. The maximum Gasteiger partial charge on any atom is 0.305 e. The third-order valence-electron chi connectivity index (χ3n) is 3.35. The first kappa shape index (κ1) is 17.4. The van der Waals surface area contributed by atoms with Gasteiger partial charge in [0.05, 0.1) is 19.1 Å². The standard InChI is InChI=1S/C16H25NO4/c1-10(2)17-11-8-16(3,4)9-13(19)15(11)12(18)6-7-14(20)21-5/h10,18H,6-9H2,1-5H3. The average molecular weight is 295 g/mol. The highest BCUT2D eigenvalue weighted by atomic mass is 16.5. The van der Waals surface area contributed by atoms with Gasteiger partial charge in [-0.15, -0.1) is 0 Å². The van der Waals surface area contributed by atoms with E-state index in [1.54, 1.807) is 0 Å². The lowest BCUT2D eigenvalue weighted by Gasteiger charge is -2.31. The molecule has 0 aliphatic heterocycles. The monoisotopic (exact) mass is 295 g/mol. The zero-order valence-electron chi connectivity index (χ0n) is 13.5. The number of hydrogen-bond donors (Lipinski definition) is 1. The van der Waals surface area contributed by atoms with Crippen LogP contribution in [-0.4, -0.2) is 35.7 Å². The van der Waals surface area contributed by atoms with Gasteiger partial charge in [0.1, 0.15) is 5.76 Å². The average Bonchev–Trinajstić information content (AvgIpc) is 2.32. The molecule has 5 heteroatoms. The molecule has 0 saturated heterocycles. The van der Waals surface area contributed by atoms with Crippen molar-refractivity contribution in [2.75, 3.05) is 7.11 Å². The predicted molar refractivity (Wildman–Crippen MR) is 81.5 cm³/mol. The normalized spacial score (nSPS) is 22.6. The van der Waals surface area contributed by atoms with Gasteiger partial charge in [0.25, 0.3) is 0 Å². The highest BCUT2D eigenvalue weighted by Gasteiger charge is 2.36. The van der Waals surface area contributed by atoms with Crippen LogP contribution in [-0.2, 0) is 14.3 Å². The van der Waals surface area contributed by atoms with Crippen molar-refractivity contribution in [3.05, 3.63) is 11.3 Å². The molecule has 0 aromatic heterocycles. The summed E-state index contributed by atoms with van der Waals surface area (Å²) in [6.45, 7) is 7.90. The number of nitrogens with zero attached hydrogens (tertiary/aromatic N) is 1. The Balaban J connectivity index is 3.09. The topological polar surface area (TPSA) is 76.0 Å². The Morgan fingerprint density at radius 2 is 1.95 bits per heavy atom. The quantitative estimate of drug-likeness (QED) is 0.491. The second-order valence-electron chi connectivity index (χ2n) is 6.51. The molecule has 0 heterocycles. The van der Waals surface area contributed by atoms with E-state index in [1.165, 1.54) is 7.11 Å². The van der Waals surface area contributed by atoms with Gasteiger partial charge < -0.3 is 9.84 Å². The van der Waals surface area contributed by atoms with E-state index in [2.05, 4.69) is 9.73 Å². The van der Waals surface area contributed by atoms with Gasteiger partial charge in [0.2, 0.25) is 0 Å². The molecule has 0 aromatic rings. The SMILES string of the molecule is COC(=O)CCC(O)=C1C(=O)CC(C)(C)CC1=NC(C)C. The largest absolute Gasteiger partial charge is 0.511 e. The summed E-state index contributed by atoms with van der Waals surface area (Å²) < 4.78 is 4.55. The number of rotatable bonds is 4. The lowest BCUT2D eigenvalue weighted by atomic mass is 9.73. The Hall–Kier alpha value is -1.65. The van der Waals surface area contributed by atoms with Gasteiger partial charge in [-0.25, -0.2) is 0 Å². The van der Waals surface area contributed by atoms with Crippen molar-refractivity contribution in [3.8, 4) is 0 Å². The third kappa shape index (κ3) is 4.99. The third-order valence-corrected chi connectivity index (χ3v) is 3.35. The van der Waals surface area contributed by atoms with Crippen molar-refractivity contribution in [2.45, 2.75) is 59.4 Å². The minimum absolute atomic E-state index is 0.0464. The second kappa shape index (κ2) is 6.87. The molecule has 118 valence electrons.